The highest BCUT2D eigenvalue weighted by Gasteiger charge is 2.12. The van der Waals surface area contributed by atoms with Crippen molar-refractivity contribution in [2.75, 3.05) is 19.3 Å². The number of aliphatic carboxylic acids is 1. The molecule has 19 heavy (non-hydrogen) atoms. The normalized spacial score (nSPS) is 11.2. The quantitative estimate of drug-likeness (QED) is 0.548. The fourth-order valence-electron chi connectivity index (χ4n) is 1.41. The number of hydrogen-bond acceptors (Lipinski definition) is 4. The molecule has 1 aromatic heterocycles. The Balaban J connectivity index is 2.50. The van der Waals surface area contributed by atoms with Crippen LogP contribution >= 0.6 is 0 Å². The van der Waals surface area contributed by atoms with Gasteiger partial charge in [0.15, 0.2) is 0 Å². The minimum absolute atomic E-state index is 0.0736. The number of carbonyl (C=O) groups is 2. The highest BCUT2D eigenvalue weighted by molar-refractivity contribution is 7.88. The van der Waals surface area contributed by atoms with Crippen molar-refractivity contribution < 1.29 is 23.1 Å². The lowest BCUT2D eigenvalue weighted by Crippen LogP contribution is -2.35. The topological polar surface area (TPSA) is 118 Å². The summed E-state index contributed by atoms with van der Waals surface area (Å²) in [7, 11) is -3.28. The largest absolute Gasteiger partial charge is 0.480 e. The van der Waals surface area contributed by atoms with E-state index in [2.05, 4.69) is 10.0 Å². The molecular formula is C10H15N3O5S. The fraction of sp³-hybridized carbons (Fsp3) is 0.400. The Bertz CT molecular complexity index is 563. The maximum Gasteiger partial charge on any atom is 0.323 e. The zero-order valence-corrected chi connectivity index (χ0v) is 11.1. The van der Waals surface area contributed by atoms with Crippen LogP contribution in [0.25, 0.3) is 0 Å². The van der Waals surface area contributed by atoms with Gasteiger partial charge in [-0.05, 0) is 12.1 Å². The van der Waals surface area contributed by atoms with E-state index < -0.39 is 21.9 Å². The fourth-order valence-corrected chi connectivity index (χ4v) is 1.88. The first-order valence-corrected chi connectivity index (χ1v) is 7.28. The molecule has 1 aromatic rings. The first-order valence-electron chi connectivity index (χ1n) is 5.39. The van der Waals surface area contributed by atoms with Crippen molar-refractivity contribution in [3.63, 3.8) is 0 Å². The first-order chi connectivity index (χ1) is 8.79. The summed E-state index contributed by atoms with van der Waals surface area (Å²) in [5.41, 5.74) is 0.210. The second-order valence-electron chi connectivity index (χ2n) is 3.84. The Hall–Kier alpha value is -1.87. The second-order valence-corrected chi connectivity index (χ2v) is 5.67. The van der Waals surface area contributed by atoms with E-state index in [0.29, 0.717) is 0 Å². The Morgan fingerprint density at radius 1 is 1.37 bits per heavy atom. The van der Waals surface area contributed by atoms with Gasteiger partial charge < -0.3 is 15.0 Å². The van der Waals surface area contributed by atoms with Gasteiger partial charge in [-0.3, -0.25) is 9.59 Å². The third-order valence-corrected chi connectivity index (χ3v) is 2.87. The molecule has 1 rings (SSSR count). The zero-order valence-electron chi connectivity index (χ0n) is 10.3. The van der Waals surface area contributed by atoms with Crippen molar-refractivity contribution >= 4 is 21.9 Å². The molecule has 9 heteroatoms. The van der Waals surface area contributed by atoms with Gasteiger partial charge in [-0.1, -0.05) is 0 Å². The van der Waals surface area contributed by atoms with Crippen molar-refractivity contribution in [1.29, 1.82) is 0 Å². The van der Waals surface area contributed by atoms with E-state index in [0.717, 1.165) is 6.26 Å². The van der Waals surface area contributed by atoms with Crippen molar-refractivity contribution in [2.24, 2.45) is 0 Å². The van der Waals surface area contributed by atoms with Crippen LogP contribution in [0.5, 0.6) is 0 Å². The molecule has 0 bridgehead atoms. The van der Waals surface area contributed by atoms with E-state index in [1.165, 1.54) is 16.8 Å². The van der Waals surface area contributed by atoms with Crippen molar-refractivity contribution in [1.82, 2.24) is 14.6 Å². The average molecular weight is 289 g/mol. The van der Waals surface area contributed by atoms with Gasteiger partial charge in [0.05, 0.1) is 6.26 Å². The molecule has 1 amide bonds. The third-order valence-electron chi connectivity index (χ3n) is 2.14. The summed E-state index contributed by atoms with van der Waals surface area (Å²) in [4.78, 5) is 22.3. The minimum atomic E-state index is -3.28. The Labute approximate surface area is 110 Å². The standard InChI is InChI=1S/C10H15N3O5S/c1-19(17,18)12-5-4-11-10(16)8-3-2-6-13(8)7-9(14)15/h2-3,6,12H,4-5,7H2,1H3,(H,11,16)(H,14,15). The van der Waals surface area contributed by atoms with Crippen LogP contribution in [-0.2, 0) is 21.4 Å². The van der Waals surface area contributed by atoms with Crippen LogP contribution in [0, 0.1) is 0 Å². The van der Waals surface area contributed by atoms with Crippen molar-refractivity contribution in [3.05, 3.63) is 24.0 Å². The predicted molar refractivity (Wildman–Crippen MR) is 67.2 cm³/mol. The smallest absolute Gasteiger partial charge is 0.323 e. The second kappa shape index (κ2) is 6.34. The lowest BCUT2D eigenvalue weighted by atomic mass is 10.4. The van der Waals surface area contributed by atoms with E-state index in [-0.39, 0.29) is 25.3 Å². The van der Waals surface area contributed by atoms with Gasteiger partial charge in [-0.25, -0.2) is 13.1 Å². The first kappa shape index (κ1) is 15.2. The molecule has 0 unspecified atom stereocenters. The number of hydrogen-bond donors (Lipinski definition) is 3. The molecule has 0 aromatic carbocycles. The maximum absolute atomic E-state index is 11.7. The molecule has 0 saturated heterocycles. The number of carboxylic acids is 1. The van der Waals surface area contributed by atoms with Crippen LogP contribution in [0.4, 0.5) is 0 Å². The number of sulfonamides is 1. The van der Waals surface area contributed by atoms with E-state index in [1.54, 1.807) is 6.07 Å². The van der Waals surface area contributed by atoms with E-state index >= 15 is 0 Å². The zero-order chi connectivity index (χ0) is 14.5. The molecule has 0 aliphatic rings. The lowest BCUT2D eigenvalue weighted by molar-refractivity contribution is -0.137. The van der Waals surface area contributed by atoms with Gasteiger partial charge in [0.25, 0.3) is 5.91 Å². The molecule has 3 N–H and O–H groups in total. The molecule has 8 nitrogen and oxygen atoms in total. The summed E-state index contributed by atoms with van der Waals surface area (Å²) < 4.78 is 25.1. The van der Waals surface area contributed by atoms with Gasteiger partial charge in [0.2, 0.25) is 10.0 Å². The molecule has 0 spiro atoms. The monoisotopic (exact) mass is 289 g/mol. The van der Waals surface area contributed by atoms with E-state index in [4.69, 9.17) is 5.11 Å². The van der Waals surface area contributed by atoms with Crippen LogP contribution in [0.3, 0.4) is 0 Å². The lowest BCUT2D eigenvalue weighted by Gasteiger charge is -2.08. The van der Waals surface area contributed by atoms with Crippen LogP contribution < -0.4 is 10.0 Å². The number of nitrogens with zero attached hydrogens (tertiary/aromatic N) is 1. The molecule has 1 heterocycles. The number of amides is 1. The van der Waals surface area contributed by atoms with Gasteiger partial charge in [-0.2, -0.15) is 0 Å². The van der Waals surface area contributed by atoms with Crippen LogP contribution in [-0.4, -0.2) is 49.3 Å². The molecule has 0 fully saturated rings. The number of rotatable bonds is 7. The van der Waals surface area contributed by atoms with Crippen molar-refractivity contribution in [2.45, 2.75) is 6.54 Å². The molecule has 106 valence electrons. The summed E-state index contributed by atoms with van der Waals surface area (Å²) in [6, 6.07) is 3.05. The van der Waals surface area contributed by atoms with Gasteiger partial charge >= 0.3 is 5.97 Å². The molecule has 0 aliphatic heterocycles. The SMILES string of the molecule is CS(=O)(=O)NCCNC(=O)c1cccn1CC(=O)O. The van der Waals surface area contributed by atoms with Gasteiger partial charge in [0.1, 0.15) is 12.2 Å². The van der Waals surface area contributed by atoms with Crippen LogP contribution in [0.2, 0.25) is 0 Å². The van der Waals surface area contributed by atoms with Crippen LogP contribution in [0.15, 0.2) is 18.3 Å². The summed E-state index contributed by atoms with van der Waals surface area (Å²) >= 11 is 0. The predicted octanol–water partition coefficient (Wildman–Crippen LogP) is -1.15. The maximum atomic E-state index is 11.7. The number of carboxylic acid groups (broad SMARTS) is 1. The average Bonchev–Trinajstić information content (AvgIpc) is 2.70. The summed E-state index contributed by atoms with van der Waals surface area (Å²) in [5, 5.41) is 11.2. The summed E-state index contributed by atoms with van der Waals surface area (Å²) in [6.45, 7) is -0.119. The van der Waals surface area contributed by atoms with Gasteiger partial charge in [0, 0.05) is 19.3 Å². The molecular weight excluding hydrogens is 274 g/mol. The molecule has 0 atom stereocenters. The Morgan fingerprint density at radius 3 is 2.63 bits per heavy atom. The van der Waals surface area contributed by atoms with E-state index in [9.17, 15) is 18.0 Å². The Kier molecular flexibility index (Phi) is 5.07. The molecule has 0 saturated carbocycles. The molecule has 0 aliphatic carbocycles. The van der Waals surface area contributed by atoms with E-state index in [1.807, 2.05) is 0 Å². The highest BCUT2D eigenvalue weighted by Crippen LogP contribution is 2.01. The highest BCUT2D eigenvalue weighted by atomic mass is 32.2. The summed E-state index contributed by atoms with van der Waals surface area (Å²) in [5.74, 6) is -1.51. The Morgan fingerprint density at radius 2 is 2.05 bits per heavy atom. The van der Waals surface area contributed by atoms with Crippen molar-refractivity contribution in [3.8, 4) is 0 Å². The number of nitrogens with one attached hydrogen (secondary N) is 2. The minimum Gasteiger partial charge on any atom is -0.480 e. The number of aromatic nitrogens is 1. The third kappa shape index (κ3) is 5.53. The van der Waals surface area contributed by atoms with Gasteiger partial charge in [-0.15, -0.1) is 0 Å². The molecule has 0 radical (unpaired) electrons. The number of carbonyl (C=O) groups excluding carboxylic acids is 1. The van der Waals surface area contributed by atoms with Crippen LogP contribution in [0.1, 0.15) is 10.5 Å². The summed E-state index contributed by atoms with van der Waals surface area (Å²) in [6.07, 6.45) is 2.50.